The van der Waals surface area contributed by atoms with Crippen molar-refractivity contribution in [3.05, 3.63) is 0 Å². The van der Waals surface area contributed by atoms with Crippen molar-refractivity contribution in [2.45, 2.75) is 18.5 Å². The van der Waals surface area contributed by atoms with E-state index in [1.54, 1.807) is 0 Å². The third kappa shape index (κ3) is 1.59. The van der Waals surface area contributed by atoms with Crippen molar-refractivity contribution in [3.63, 3.8) is 0 Å². The molecule has 0 radical (unpaired) electrons. The van der Waals surface area contributed by atoms with Gasteiger partial charge in [-0.2, -0.15) is 0 Å². The van der Waals surface area contributed by atoms with E-state index in [4.69, 9.17) is 9.84 Å². The maximum Gasteiger partial charge on any atom is 0.333 e. The van der Waals surface area contributed by atoms with E-state index in [2.05, 4.69) is 0 Å². The van der Waals surface area contributed by atoms with Crippen LogP contribution in [0.3, 0.4) is 0 Å². The fraction of sp³-hybridized carbons (Fsp3) is 0.800. The molecular formula is C5H8O3S. The SMILES string of the molecule is C[C@H]1O[C@H](C(=O)O)CS1. The Kier molecular flexibility index (Phi) is 1.97. The van der Waals surface area contributed by atoms with Gasteiger partial charge in [-0.15, -0.1) is 11.8 Å². The molecule has 52 valence electrons. The van der Waals surface area contributed by atoms with Crippen LogP contribution in [0.2, 0.25) is 0 Å². The van der Waals surface area contributed by atoms with E-state index in [0.717, 1.165) is 0 Å². The van der Waals surface area contributed by atoms with E-state index < -0.39 is 12.1 Å². The van der Waals surface area contributed by atoms with Crippen LogP contribution in [0.1, 0.15) is 6.92 Å². The Morgan fingerprint density at radius 2 is 2.56 bits per heavy atom. The van der Waals surface area contributed by atoms with Crippen LogP contribution in [0, 0.1) is 0 Å². The van der Waals surface area contributed by atoms with E-state index >= 15 is 0 Å². The summed E-state index contributed by atoms with van der Waals surface area (Å²) in [4.78, 5) is 10.2. The van der Waals surface area contributed by atoms with Crippen LogP contribution in [0.5, 0.6) is 0 Å². The highest BCUT2D eigenvalue weighted by atomic mass is 32.2. The quantitative estimate of drug-likeness (QED) is 0.590. The molecule has 1 N–H and O–H groups in total. The number of hydrogen-bond acceptors (Lipinski definition) is 3. The van der Waals surface area contributed by atoms with Gasteiger partial charge in [-0.1, -0.05) is 0 Å². The van der Waals surface area contributed by atoms with Gasteiger partial charge in [0.1, 0.15) is 5.44 Å². The van der Waals surface area contributed by atoms with Crippen LogP contribution in [0.15, 0.2) is 0 Å². The molecule has 0 bridgehead atoms. The summed E-state index contributed by atoms with van der Waals surface area (Å²) in [6.45, 7) is 1.85. The van der Waals surface area contributed by atoms with Crippen LogP contribution in [0.25, 0.3) is 0 Å². The summed E-state index contributed by atoms with van der Waals surface area (Å²) < 4.78 is 4.99. The summed E-state index contributed by atoms with van der Waals surface area (Å²) in [7, 11) is 0. The number of ether oxygens (including phenoxy) is 1. The fourth-order valence-electron chi connectivity index (χ4n) is 0.662. The van der Waals surface area contributed by atoms with Crippen LogP contribution in [0.4, 0.5) is 0 Å². The summed E-state index contributed by atoms with van der Waals surface area (Å²) in [6.07, 6.45) is -0.579. The van der Waals surface area contributed by atoms with Crippen molar-refractivity contribution in [1.29, 1.82) is 0 Å². The summed E-state index contributed by atoms with van der Waals surface area (Å²) in [6, 6.07) is 0. The first-order chi connectivity index (χ1) is 4.20. The van der Waals surface area contributed by atoms with E-state index in [-0.39, 0.29) is 5.44 Å². The molecule has 0 spiro atoms. The minimum Gasteiger partial charge on any atom is -0.479 e. The third-order valence-electron chi connectivity index (χ3n) is 1.11. The molecular weight excluding hydrogens is 140 g/mol. The molecule has 3 nitrogen and oxygen atoms in total. The normalized spacial score (nSPS) is 34.8. The van der Waals surface area contributed by atoms with Gasteiger partial charge in [0.05, 0.1) is 0 Å². The third-order valence-corrected chi connectivity index (χ3v) is 2.19. The van der Waals surface area contributed by atoms with E-state index in [1.165, 1.54) is 11.8 Å². The summed E-state index contributed by atoms with van der Waals surface area (Å²) in [5.74, 6) is -0.275. The smallest absolute Gasteiger partial charge is 0.333 e. The van der Waals surface area contributed by atoms with Crippen LogP contribution < -0.4 is 0 Å². The zero-order valence-electron chi connectivity index (χ0n) is 5.03. The Bertz CT molecular complexity index is 125. The largest absolute Gasteiger partial charge is 0.479 e. The van der Waals surface area contributed by atoms with Crippen LogP contribution in [-0.4, -0.2) is 28.4 Å². The fourth-order valence-corrected chi connectivity index (χ4v) is 1.54. The van der Waals surface area contributed by atoms with Crippen molar-refractivity contribution in [2.24, 2.45) is 0 Å². The monoisotopic (exact) mass is 148 g/mol. The van der Waals surface area contributed by atoms with Gasteiger partial charge in [-0.25, -0.2) is 4.79 Å². The molecule has 0 saturated carbocycles. The van der Waals surface area contributed by atoms with Gasteiger partial charge in [-0.05, 0) is 6.92 Å². The number of carboxylic acids is 1. The van der Waals surface area contributed by atoms with E-state index in [0.29, 0.717) is 5.75 Å². The molecule has 1 aliphatic rings. The van der Waals surface area contributed by atoms with Crippen molar-refractivity contribution < 1.29 is 14.6 Å². The van der Waals surface area contributed by atoms with Gasteiger partial charge in [-0.3, -0.25) is 0 Å². The first-order valence-electron chi connectivity index (χ1n) is 2.70. The Balaban J connectivity index is 2.39. The molecule has 1 fully saturated rings. The zero-order chi connectivity index (χ0) is 6.85. The number of hydrogen-bond donors (Lipinski definition) is 1. The van der Waals surface area contributed by atoms with Crippen molar-refractivity contribution in [3.8, 4) is 0 Å². The minimum absolute atomic E-state index is 0.0473. The Labute approximate surface area is 57.4 Å². The summed E-state index contributed by atoms with van der Waals surface area (Å²) >= 11 is 1.53. The van der Waals surface area contributed by atoms with Gasteiger partial charge in [0.2, 0.25) is 0 Å². The molecule has 1 heterocycles. The molecule has 0 amide bonds. The maximum absolute atomic E-state index is 10.2. The second-order valence-corrected chi connectivity index (χ2v) is 3.19. The molecule has 1 rings (SSSR count). The van der Waals surface area contributed by atoms with Crippen molar-refractivity contribution in [2.75, 3.05) is 5.75 Å². The van der Waals surface area contributed by atoms with Gasteiger partial charge in [0, 0.05) is 5.75 Å². The summed E-state index contributed by atoms with van der Waals surface area (Å²) in [5.41, 5.74) is 0.0473. The lowest BCUT2D eigenvalue weighted by Crippen LogP contribution is -2.21. The Morgan fingerprint density at radius 3 is 2.78 bits per heavy atom. The second-order valence-electron chi connectivity index (χ2n) is 1.86. The Hall–Kier alpha value is -0.220. The summed E-state index contributed by atoms with van der Waals surface area (Å²) in [5, 5.41) is 8.39. The van der Waals surface area contributed by atoms with Gasteiger partial charge < -0.3 is 9.84 Å². The molecule has 0 aliphatic carbocycles. The molecule has 4 heteroatoms. The zero-order valence-corrected chi connectivity index (χ0v) is 5.85. The van der Waals surface area contributed by atoms with Gasteiger partial charge in [0.15, 0.2) is 6.10 Å². The highest BCUT2D eigenvalue weighted by Crippen LogP contribution is 2.24. The molecule has 9 heavy (non-hydrogen) atoms. The lowest BCUT2D eigenvalue weighted by atomic mass is 10.4. The lowest BCUT2D eigenvalue weighted by Gasteiger charge is -2.01. The van der Waals surface area contributed by atoms with Crippen molar-refractivity contribution in [1.82, 2.24) is 0 Å². The van der Waals surface area contributed by atoms with Crippen molar-refractivity contribution >= 4 is 17.7 Å². The standard InChI is InChI=1S/C5H8O3S/c1-3-8-4(2-9-3)5(6)7/h3-4H,2H2,1H3,(H,6,7)/t3-,4-/m0/s1. The molecule has 1 saturated heterocycles. The van der Waals surface area contributed by atoms with E-state index in [9.17, 15) is 4.79 Å². The number of aliphatic carboxylic acids is 1. The van der Waals surface area contributed by atoms with E-state index in [1.807, 2.05) is 6.92 Å². The first kappa shape index (κ1) is 6.89. The van der Waals surface area contributed by atoms with Gasteiger partial charge >= 0.3 is 5.97 Å². The average molecular weight is 148 g/mol. The first-order valence-corrected chi connectivity index (χ1v) is 3.75. The molecule has 0 aromatic carbocycles. The molecule has 0 aromatic heterocycles. The number of thioether (sulfide) groups is 1. The van der Waals surface area contributed by atoms with Gasteiger partial charge in [0.25, 0.3) is 0 Å². The number of carbonyl (C=O) groups is 1. The minimum atomic E-state index is -0.855. The second kappa shape index (κ2) is 2.58. The molecule has 0 aromatic rings. The molecule has 0 unspecified atom stereocenters. The Morgan fingerprint density at radius 1 is 1.89 bits per heavy atom. The highest BCUT2D eigenvalue weighted by Gasteiger charge is 2.27. The lowest BCUT2D eigenvalue weighted by molar-refractivity contribution is -0.148. The highest BCUT2D eigenvalue weighted by molar-refractivity contribution is 8.00. The number of carboxylic acid groups (broad SMARTS) is 1. The topological polar surface area (TPSA) is 46.5 Å². The van der Waals surface area contributed by atoms with Crippen LogP contribution in [-0.2, 0) is 9.53 Å². The van der Waals surface area contributed by atoms with Crippen LogP contribution >= 0.6 is 11.8 Å². The number of rotatable bonds is 1. The predicted molar refractivity (Wildman–Crippen MR) is 34.4 cm³/mol. The maximum atomic E-state index is 10.2. The molecule has 2 atom stereocenters. The predicted octanol–water partition coefficient (Wildman–Crippen LogP) is 0.549. The molecule has 1 aliphatic heterocycles. The average Bonchev–Trinajstić information content (AvgIpc) is 2.14.